The van der Waals surface area contributed by atoms with E-state index >= 15 is 0 Å². The number of nitrogens with zero attached hydrogens (tertiary/aromatic N) is 4. The molecule has 2 aromatic rings. The minimum atomic E-state index is -3.96. The highest BCUT2D eigenvalue weighted by molar-refractivity contribution is 7.89. The number of anilines is 2. The number of benzene rings is 1. The van der Waals surface area contributed by atoms with Gasteiger partial charge >= 0.3 is 0 Å². The average molecular weight is 348 g/mol. The Morgan fingerprint density at radius 3 is 2.48 bits per heavy atom. The maximum absolute atomic E-state index is 11.4. The number of halogens is 2. The normalized spacial score (nSPS) is 15.1. The van der Waals surface area contributed by atoms with Crippen LogP contribution >= 0.6 is 23.2 Å². The van der Waals surface area contributed by atoms with Crippen LogP contribution in [0.15, 0.2) is 23.4 Å². The second-order valence-electron chi connectivity index (χ2n) is 4.54. The first-order valence-electron chi connectivity index (χ1n) is 6.07. The van der Waals surface area contributed by atoms with Crippen LogP contribution < -0.4 is 10.0 Å². The summed E-state index contributed by atoms with van der Waals surface area (Å²) in [4.78, 5) is 5.76. The largest absolute Gasteiger partial charge is 0.308 e. The van der Waals surface area contributed by atoms with Crippen LogP contribution in [0.4, 0.5) is 11.6 Å². The van der Waals surface area contributed by atoms with E-state index in [1.807, 2.05) is 0 Å². The molecule has 3 rings (SSSR count). The van der Waals surface area contributed by atoms with Crippen molar-refractivity contribution in [2.45, 2.75) is 18.1 Å². The fourth-order valence-electron chi connectivity index (χ4n) is 2.22. The first-order chi connectivity index (χ1) is 9.88. The molecule has 112 valence electrons. The molecule has 1 aliphatic rings. The zero-order valence-corrected chi connectivity index (χ0v) is 13.0. The van der Waals surface area contributed by atoms with Crippen LogP contribution in [0.3, 0.4) is 0 Å². The number of hydrogen-bond donors (Lipinski definition) is 1. The van der Waals surface area contributed by atoms with Gasteiger partial charge in [0.2, 0.25) is 5.95 Å². The summed E-state index contributed by atoms with van der Waals surface area (Å²) in [5, 5.41) is 9.50. The molecule has 1 aromatic heterocycles. The summed E-state index contributed by atoms with van der Waals surface area (Å²) in [7, 11) is -3.96. The Morgan fingerprint density at radius 1 is 1.19 bits per heavy atom. The van der Waals surface area contributed by atoms with Crippen molar-refractivity contribution in [2.24, 2.45) is 5.14 Å². The van der Waals surface area contributed by atoms with E-state index in [9.17, 15) is 8.42 Å². The number of aromatic nitrogens is 3. The van der Waals surface area contributed by atoms with E-state index in [2.05, 4.69) is 10.1 Å². The lowest BCUT2D eigenvalue weighted by atomic mass is 10.2. The van der Waals surface area contributed by atoms with E-state index in [4.69, 9.17) is 28.3 Å². The first kappa shape index (κ1) is 14.6. The second-order valence-corrected chi connectivity index (χ2v) is 6.81. The number of rotatable bonds is 2. The number of primary sulfonamides is 1. The fraction of sp³-hybridized carbons (Fsp3) is 0.273. The van der Waals surface area contributed by atoms with Gasteiger partial charge in [0.15, 0.2) is 0 Å². The Kier molecular flexibility index (Phi) is 3.56. The van der Waals surface area contributed by atoms with Crippen molar-refractivity contribution in [2.75, 3.05) is 11.4 Å². The number of para-hydroxylation sites is 1. The molecule has 0 atom stereocenters. The third-order valence-corrected chi connectivity index (χ3v) is 4.38. The number of sulfonamides is 1. The van der Waals surface area contributed by atoms with Crippen LogP contribution in [0.5, 0.6) is 0 Å². The Morgan fingerprint density at radius 2 is 1.86 bits per heavy atom. The molecule has 10 heteroatoms. The first-order valence-corrected chi connectivity index (χ1v) is 8.37. The van der Waals surface area contributed by atoms with Crippen molar-refractivity contribution in [1.29, 1.82) is 0 Å². The molecule has 0 fully saturated rings. The lowest BCUT2D eigenvalue weighted by Crippen LogP contribution is -2.29. The highest BCUT2D eigenvalue weighted by Crippen LogP contribution is 2.38. The van der Waals surface area contributed by atoms with E-state index in [1.54, 1.807) is 23.1 Å². The van der Waals surface area contributed by atoms with Gasteiger partial charge in [-0.15, -0.1) is 5.10 Å². The molecule has 0 saturated heterocycles. The molecule has 0 aliphatic carbocycles. The van der Waals surface area contributed by atoms with Gasteiger partial charge in [0.25, 0.3) is 15.2 Å². The van der Waals surface area contributed by atoms with E-state index < -0.39 is 15.2 Å². The molecule has 1 aliphatic heterocycles. The summed E-state index contributed by atoms with van der Waals surface area (Å²) < 4.78 is 24.3. The standard InChI is InChI=1S/C11H11Cl2N5O2S/c12-7-3-1-4-8(13)9(7)17-5-2-6-18-11(17)15-10(16-18)21(14,19)20/h1,3-4H,2,5-6H2,(H2,14,19,20). The van der Waals surface area contributed by atoms with Gasteiger partial charge < -0.3 is 4.90 Å². The summed E-state index contributed by atoms with van der Waals surface area (Å²) in [6.07, 6.45) is 0.752. The molecule has 21 heavy (non-hydrogen) atoms. The highest BCUT2D eigenvalue weighted by Gasteiger charge is 2.28. The molecular weight excluding hydrogens is 337 g/mol. The van der Waals surface area contributed by atoms with Crippen molar-refractivity contribution in [3.63, 3.8) is 0 Å². The van der Waals surface area contributed by atoms with Crippen LogP contribution in [-0.4, -0.2) is 29.7 Å². The third-order valence-electron chi connectivity index (χ3n) is 3.09. The second kappa shape index (κ2) is 5.13. The van der Waals surface area contributed by atoms with Crippen LogP contribution in [-0.2, 0) is 16.6 Å². The van der Waals surface area contributed by atoms with Gasteiger partial charge in [-0.1, -0.05) is 29.3 Å². The summed E-state index contributed by atoms with van der Waals surface area (Å²) in [5.41, 5.74) is 0.579. The van der Waals surface area contributed by atoms with Crippen molar-refractivity contribution >= 4 is 44.9 Å². The zero-order chi connectivity index (χ0) is 15.2. The van der Waals surface area contributed by atoms with Crippen molar-refractivity contribution in [3.05, 3.63) is 28.2 Å². The predicted octanol–water partition coefficient (Wildman–Crippen LogP) is 1.77. The Balaban J connectivity index is 2.15. The van der Waals surface area contributed by atoms with Gasteiger partial charge in [-0.3, -0.25) is 0 Å². The number of nitrogens with two attached hydrogens (primary N) is 1. The molecule has 0 saturated carbocycles. The lowest BCUT2D eigenvalue weighted by molar-refractivity contribution is 0.528. The molecule has 0 bridgehead atoms. The minimum absolute atomic E-state index is 0.361. The average Bonchev–Trinajstić information content (AvgIpc) is 2.83. The van der Waals surface area contributed by atoms with Crippen molar-refractivity contribution in [1.82, 2.24) is 14.8 Å². The monoisotopic (exact) mass is 347 g/mol. The molecule has 2 heterocycles. The summed E-state index contributed by atoms with van der Waals surface area (Å²) in [6, 6.07) is 5.15. The molecule has 7 nitrogen and oxygen atoms in total. The molecule has 0 radical (unpaired) electrons. The minimum Gasteiger partial charge on any atom is -0.308 e. The van der Waals surface area contributed by atoms with Gasteiger partial charge in [0.05, 0.1) is 15.7 Å². The Bertz CT molecular complexity index is 785. The summed E-state index contributed by atoms with van der Waals surface area (Å²) in [5.74, 6) is 0.361. The molecule has 0 spiro atoms. The van der Waals surface area contributed by atoms with Gasteiger partial charge in [-0.05, 0) is 18.6 Å². The smallest absolute Gasteiger partial charge is 0.283 e. The van der Waals surface area contributed by atoms with E-state index in [0.29, 0.717) is 34.8 Å². The van der Waals surface area contributed by atoms with Crippen LogP contribution in [0.25, 0.3) is 0 Å². The Hall–Kier alpha value is -1.35. The fourth-order valence-corrected chi connectivity index (χ4v) is 3.24. The summed E-state index contributed by atoms with van der Waals surface area (Å²) in [6.45, 7) is 1.16. The maximum Gasteiger partial charge on any atom is 0.283 e. The van der Waals surface area contributed by atoms with Gasteiger partial charge in [0, 0.05) is 13.1 Å². The SMILES string of the molecule is NS(=O)(=O)c1nc2n(n1)CCCN2c1c(Cl)cccc1Cl. The molecule has 2 N–H and O–H groups in total. The molecular formula is C11H11Cl2N5O2S. The lowest BCUT2D eigenvalue weighted by Gasteiger charge is -2.29. The van der Waals surface area contributed by atoms with Crippen molar-refractivity contribution < 1.29 is 8.42 Å². The highest BCUT2D eigenvalue weighted by atomic mass is 35.5. The number of fused-ring (bicyclic) bond motifs is 1. The van der Waals surface area contributed by atoms with Crippen LogP contribution in [0, 0.1) is 0 Å². The molecule has 0 amide bonds. The van der Waals surface area contributed by atoms with Gasteiger partial charge in [-0.25, -0.2) is 18.2 Å². The van der Waals surface area contributed by atoms with E-state index in [-0.39, 0.29) is 0 Å². The van der Waals surface area contributed by atoms with Crippen LogP contribution in [0.1, 0.15) is 6.42 Å². The predicted molar refractivity (Wildman–Crippen MR) is 79.5 cm³/mol. The van der Waals surface area contributed by atoms with Crippen molar-refractivity contribution in [3.8, 4) is 0 Å². The number of aryl methyl sites for hydroxylation is 1. The number of hydrogen-bond acceptors (Lipinski definition) is 5. The zero-order valence-electron chi connectivity index (χ0n) is 10.7. The topological polar surface area (TPSA) is 94.1 Å². The molecule has 1 aromatic carbocycles. The summed E-state index contributed by atoms with van der Waals surface area (Å²) >= 11 is 12.4. The van der Waals surface area contributed by atoms with Crippen LogP contribution in [0.2, 0.25) is 10.0 Å². The van der Waals surface area contributed by atoms with Gasteiger partial charge in [-0.2, -0.15) is 4.98 Å². The third kappa shape index (κ3) is 2.59. The van der Waals surface area contributed by atoms with Gasteiger partial charge in [0.1, 0.15) is 0 Å². The molecule has 0 unspecified atom stereocenters. The quantitative estimate of drug-likeness (QED) is 0.893. The van der Waals surface area contributed by atoms with E-state index in [1.165, 1.54) is 4.68 Å². The Labute approximate surface area is 131 Å². The van der Waals surface area contributed by atoms with E-state index in [0.717, 1.165) is 6.42 Å². The maximum atomic E-state index is 11.4.